The van der Waals surface area contributed by atoms with Crippen LogP contribution in [-0.4, -0.2) is 6.10 Å². The fourth-order valence-corrected chi connectivity index (χ4v) is 3.48. The van der Waals surface area contributed by atoms with E-state index < -0.39 is 5.63 Å². The van der Waals surface area contributed by atoms with Gasteiger partial charge >= 0.3 is 5.63 Å². The van der Waals surface area contributed by atoms with Gasteiger partial charge in [0, 0.05) is 29.5 Å². The molecular weight excluding hydrogens is 443 g/mol. The maximum Gasteiger partial charge on any atom is 0.354 e. The van der Waals surface area contributed by atoms with Gasteiger partial charge in [0.25, 0.3) is 0 Å². The summed E-state index contributed by atoms with van der Waals surface area (Å²) in [7, 11) is 0. The van der Waals surface area contributed by atoms with Crippen molar-refractivity contribution >= 4 is 11.0 Å². The van der Waals surface area contributed by atoms with E-state index in [1.165, 1.54) is 0 Å². The molecule has 0 saturated heterocycles. The molecule has 0 saturated carbocycles. The molecule has 132 valence electrons. The molecule has 1 atom stereocenters. The van der Waals surface area contributed by atoms with Gasteiger partial charge in [0.2, 0.25) is 0 Å². The van der Waals surface area contributed by atoms with Crippen molar-refractivity contribution in [1.82, 2.24) is 0 Å². The molecule has 0 N–H and O–H groups in total. The molecule has 0 aliphatic carbocycles. The zero-order valence-electron chi connectivity index (χ0n) is 14.5. The molecule has 6 heteroatoms. The number of nitriles is 1. The van der Waals surface area contributed by atoms with E-state index in [2.05, 4.69) is 4.57 Å². The lowest BCUT2D eigenvalue weighted by Gasteiger charge is -2.10. The molecule has 2 aromatic heterocycles. The topological polar surface area (TPSA) is 67.1 Å². The summed E-state index contributed by atoms with van der Waals surface area (Å²) in [5, 5.41) is 10.00. The Morgan fingerprint density at radius 3 is 2.65 bits per heavy atom. The second-order valence-corrected chi connectivity index (χ2v) is 6.38. The molecule has 3 aromatic rings. The number of aryl methyl sites for hydroxylation is 2. The van der Waals surface area contributed by atoms with Gasteiger partial charge in [-0.05, 0) is 31.0 Å². The Kier molecular flexibility index (Phi) is 5.01. The first kappa shape index (κ1) is 18.4. The van der Waals surface area contributed by atoms with E-state index in [9.17, 15) is 10.1 Å². The molecule has 26 heavy (non-hydrogen) atoms. The number of ether oxygens (including phenoxy) is 1. The van der Waals surface area contributed by atoms with Crippen LogP contribution in [0.4, 0.5) is 0 Å². The van der Waals surface area contributed by atoms with Crippen LogP contribution in [0.3, 0.4) is 0 Å². The van der Waals surface area contributed by atoms with Gasteiger partial charge in [-0.2, -0.15) is 5.26 Å². The van der Waals surface area contributed by atoms with Crippen molar-refractivity contribution in [2.24, 2.45) is 0 Å². The average Bonchev–Trinajstić information content (AvgIpc) is 3.00. The number of pyridine rings is 1. The summed E-state index contributed by atoms with van der Waals surface area (Å²) in [6.07, 6.45) is 4.84. The summed E-state index contributed by atoms with van der Waals surface area (Å²) in [6, 6.07) is 9.90. The molecule has 0 spiro atoms. The lowest BCUT2D eigenvalue weighted by Crippen LogP contribution is -3.00. The molecule has 0 bridgehead atoms. The first-order valence-corrected chi connectivity index (χ1v) is 8.19. The van der Waals surface area contributed by atoms with E-state index in [1.807, 2.05) is 49.7 Å². The fraction of sp³-hybridized carbons (Fsp3) is 0.250. The van der Waals surface area contributed by atoms with Crippen LogP contribution in [0, 0.1) is 25.2 Å². The van der Waals surface area contributed by atoms with E-state index >= 15 is 0 Å². The smallest absolute Gasteiger partial charge is 0.354 e. The van der Waals surface area contributed by atoms with Crippen LogP contribution >= 0.6 is 0 Å². The lowest BCUT2D eigenvalue weighted by atomic mass is 9.99. The molecule has 3 heterocycles. The summed E-state index contributed by atoms with van der Waals surface area (Å²) in [5.74, 6) is 0.793. The molecular formula is C20H17IN2O3. The standard InChI is InChI=1S/C20H17N2O3.HI/c1-12-16-9-14-8-15(11-22-6-4-3-5-7-22)24-18(14)13(2)19(16)25-20(23)17(12)10-21;/h3-7,9,15H,8,11H2,1-2H3;1H/q+1;/p-1. The number of benzene rings is 1. The summed E-state index contributed by atoms with van der Waals surface area (Å²) in [6.45, 7) is 4.43. The lowest BCUT2D eigenvalue weighted by molar-refractivity contribution is -0.702. The quantitative estimate of drug-likeness (QED) is 0.296. The third-order valence-electron chi connectivity index (χ3n) is 4.75. The first-order valence-electron chi connectivity index (χ1n) is 8.19. The Bertz CT molecular complexity index is 1080. The predicted octanol–water partition coefficient (Wildman–Crippen LogP) is -0.423. The molecule has 1 aliphatic rings. The van der Waals surface area contributed by atoms with Gasteiger partial charge in [0.1, 0.15) is 23.0 Å². The third-order valence-corrected chi connectivity index (χ3v) is 4.75. The summed E-state index contributed by atoms with van der Waals surface area (Å²) >= 11 is 0. The fourth-order valence-electron chi connectivity index (χ4n) is 3.48. The van der Waals surface area contributed by atoms with Gasteiger partial charge in [-0.25, -0.2) is 9.36 Å². The zero-order valence-corrected chi connectivity index (χ0v) is 16.6. The van der Waals surface area contributed by atoms with Gasteiger partial charge in [0.05, 0.1) is 0 Å². The number of rotatable bonds is 2. The Balaban J connectivity index is 0.00000196. The van der Waals surface area contributed by atoms with Crippen molar-refractivity contribution in [3.63, 3.8) is 0 Å². The second kappa shape index (κ2) is 7.08. The third kappa shape index (κ3) is 2.97. The number of hydrogen-bond donors (Lipinski definition) is 0. The van der Waals surface area contributed by atoms with E-state index in [0.717, 1.165) is 35.2 Å². The van der Waals surface area contributed by atoms with Crippen molar-refractivity contribution in [3.8, 4) is 11.8 Å². The number of hydrogen-bond acceptors (Lipinski definition) is 4. The minimum Gasteiger partial charge on any atom is -1.00 e. The summed E-state index contributed by atoms with van der Waals surface area (Å²) in [5.41, 5.74) is 2.56. The van der Waals surface area contributed by atoms with Crippen LogP contribution in [0.1, 0.15) is 22.3 Å². The van der Waals surface area contributed by atoms with E-state index in [0.29, 0.717) is 11.1 Å². The summed E-state index contributed by atoms with van der Waals surface area (Å²) in [4.78, 5) is 12.0. The SMILES string of the molecule is Cc1c(C#N)c(=O)oc2c(C)c3c(cc12)CC(C[n+]1ccccc1)O3.[I-]. The van der Waals surface area contributed by atoms with Gasteiger partial charge in [-0.1, -0.05) is 6.07 Å². The number of aromatic nitrogens is 1. The number of fused-ring (bicyclic) bond motifs is 2. The first-order chi connectivity index (χ1) is 12.1. The Morgan fingerprint density at radius 2 is 1.96 bits per heavy atom. The minimum absolute atomic E-state index is 0. The van der Waals surface area contributed by atoms with Gasteiger partial charge < -0.3 is 33.1 Å². The molecule has 1 aliphatic heterocycles. The molecule has 0 radical (unpaired) electrons. The van der Waals surface area contributed by atoms with Gasteiger partial charge in [-0.15, -0.1) is 0 Å². The highest BCUT2D eigenvalue weighted by atomic mass is 127. The van der Waals surface area contributed by atoms with E-state index in [4.69, 9.17) is 9.15 Å². The normalized spacial score (nSPS) is 15.0. The largest absolute Gasteiger partial charge is 1.00 e. The summed E-state index contributed by atoms with van der Waals surface area (Å²) < 4.78 is 13.6. The maximum atomic E-state index is 12.0. The van der Waals surface area contributed by atoms with Crippen molar-refractivity contribution in [2.45, 2.75) is 32.9 Å². The molecule has 5 nitrogen and oxygen atoms in total. The zero-order chi connectivity index (χ0) is 17.6. The van der Waals surface area contributed by atoms with Crippen molar-refractivity contribution in [2.75, 3.05) is 0 Å². The van der Waals surface area contributed by atoms with Crippen LogP contribution < -0.4 is 38.9 Å². The maximum absolute atomic E-state index is 12.0. The van der Waals surface area contributed by atoms with Crippen LogP contribution in [0.2, 0.25) is 0 Å². The average molecular weight is 460 g/mol. The van der Waals surface area contributed by atoms with Crippen molar-refractivity contribution in [1.29, 1.82) is 5.26 Å². The van der Waals surface area contributed by atoms with Crippen molar-refractivity contribution in [3.05, 3.63) is 69.3 Å². The molecule has 1 aromatic carbocycles. The van der Waals surface area contributed by atoms with Crippen LogP contribution in [0.15, 0.2) is 45.9 Å². The Hall–Kier alpha value is -2.40. The second-order valence-electron chi connectivity index (χ2n) is 6.38. The van der Waals surface area contributed by atoms with Gasteiger partial charge in [-0.3, -0.25) is 0 Å². The monoisotopic (exact) mass is 460 g/mol. The molecule has 0 amide bonds. The van der Waals surface area contributed by atoms with Crippen molar-refractivity contribution < 1.29 is 37.7 Å². The van der Waals surface area contributed by atoms with Crippen LogP contribution in [0.5, 0.6) is 5.75 Å². The highest BCUT2D eigenvalue weighted by molar-refractivity contribution is 5.87. The van der Waals surface area contributed by atoms with E-state index in [1.54, 1.807) is 6.92 Å². The molecule has 1 unspecified atom stereocenters. The minimum atomic E-state index is -0.593. The molecule has 4 rings (SSSR count). The van der Waals surface area contributed by atoms with Crippen LogP contribution in [0.25, 0.3) is 11.0 Å². The highest BCUT2D eigenvalue weighted by Crippen LogP contribution is 2.38. The number of halogens is 1. The Labute approximate surface area is 167 Å². The van der Waals surface area contributed by atoms with E-state index in [-0.39, 0.29) is 35.6 Å². The molecule has 0 fully saturated rings. The number of nitrogens with zero attached hydrogens (tertiary/aromatic N) is 2. The Morgan fingerprint density at radius 1 is 1.23 bits per heavy atom. The predicted molar refractivity (Wildman–Crippen MR) is 91.4 cm³/mol. The van der Waals surface area contributed by atoms with Gasteiger partial charge in [0.15, 0.2) is 25.0 Å². The highest BCUT2D eigenvalue weighted by Gasteiger charge is 2.30. The van der Waals surface area contributed by atoms with Crippen LogP contribution in [-0.2, 0) is 13.0 Å².